The molecule has 1 aromatic heterocycles. The molecule has 0 radical (unpaired) electrons. The zero-order valence-corrected chi connectivity index (χ0v) is 10.6. The lowest BCUT2D eigenvalue weighted by molar-refractivity contribution is 0.0796. The van der Waals surface area contributed by atoms with E-state index in [4.69, 9.17) is 9.15 Å². The molecule has 94 valence electrons. The van der Waals surface area contributed by atoms with E-state index in [1.165, 1.54) is 5.56 Å². The third-order valence-electron chi connectivity index (χ3n) is 3.50. The smallest absolute Gasteiger partial charge is 0.198 e. The summed E-state index contributed by atoms with van der Waals surface area (Å²) < 4.78 is 11.3. The maximum absolute atomic E-state index is 5.92. The maximum Gasteiger partial charge on any atom is 0.198 e. The molecule has 3 rings (SSSR count). The van der Waals surface area contributed by atoms with Crippen molar-refractivity contribution in [3.63, 3.8) is 0 Å². The van der Waals surface area contributed by atoms with Gasteiger partial charge in [0.25, 0.3) is 0 Å². The molecule has 0 spiro atoms. The molecule has 18 heavy (non-hydrogen) atoms. The van der Waals surface area contributed by atoms with E-state index in [0.717, 1.165) is 43.3 Å². The fraction of sp³-hybridized carbons (Fsp3) is 0.400. The number of nitrogens with zero attached hydrogens (tertiary/aromatic N) is 1. The Hall–Kier alpha value is -1.61. The SMILES string of the molecule is Cc1ccccc1-c1cnc(C2CCOCC2)o1. The third kappa shape index (κ3) is 2.18. The summed E-state index contributed by atoms with van der Waals surface area (Å²) in [6.45, 7) is 3.71. The van der Waals surface area contributed by atoms with Gasteiger partial charge in [0.15, 0.2) is 11.7 Å². The first-order chi connectivity index (χ1) is 8.84. The van der Waals surface area contributed by atoms with Crippen LogP contribution in [-0.4, -0.2) is 18.2 Å². The first kappa shape index (κ1) is 11.5. The van der Waals surface area contributed by atoms with Crippen LogP contribution in [0.1, 0.15) is 30.2 Å². The van der Waals surface area contributed by atoms with Crippen LogP contribution in [0.25, 0.3) is 11.3 Å². The first-order valence-corrected chi connectivity index (χ1v) is 6.44. The van der Waals surface area contributed by atoms with Gasteiger partial charge in [0.1, 0.15) is 0 Å². The lowest BCUT2D eigenvalue weighted by Crippen LogP contribution is -2.14. The molecular formula is C15H17NO2. The summed E-state index contributed by atoms with van der Waals surface area (Å²) in [5, 5.41) is 0. The normalized spacial score (nSPS) is 16.9. The van der Waals surface area contributed by atoms with Gasteiger partial charge < -0.3 is 9.15 Å². The number of benzene rings is 1. The van der Waals surface area contributed by atoms with E-state index in [1.807, 2.05) is 18.3 Å². The van der Waals surface area contributed by atoms with Gasteiger partial charge in [-0.3, -0.25) is 0 Å². The van der Waals surface area contributed by atoms with E-state index >= 15 is 0 Å². The zero-order valence-electron chi connectivity index (χ0n) is 10.6. The van der Waals surface area contributed by atoms with Crippen molar-refractivity contribution in [1.29, 1.82) is 0 Å². The molecule has 0 amide bonds. The number of rotatable bonds is 2. The Balaban J connectivity index is 1.87. The third-order valence-corrected chi connectivity index (χ3v) is 3.50. The highest BCUT2D eigenvalue weighted by molar-refractivity contribution is 5.60. The predicted molar refractivity (Wildman–Crippen MR) is 69.5 cm³/mol. The monoisotopic (exact) mass is 243 g/mol. The van der Waals surface area contributed by atoms with E-state index in [1.54, 1.807) is 0 Å². The maximum atomic E-state index is 5.92. The Morgan fingerprint density at radius 1 is 1.17 bits per heavy atom. The minimum atomic E-state index is 0.413. The molecule has 3 nitrogen and oxygen atoms in total. The van der Waals surface area contributed by atoms with Crippen molar-refractivity contribution in [3.8, 4) is 11.3 Å². The van der Waals surface area contributed by atoms with E-state index in [0.29, 0.717) is 5.92 Å². The van der Waals surface area contributed by atoms with E-state index in [-0.39, 0.29) is 0 Å². The highest BCUT2D eigenvalue weighted by Gasteiger charge is 2.21. The largest absolute Gasteiger partial charge is 0.440 e. The Morgan fingerprint density at radius 2 is 1.94 bits per heavy atom. The topological polar surface area (TPSA) is 35.3 Å². The molecule has 2 aromatic rings. The van der Waals surface area contributed by atoms with Gasteiger partial charge in [0.05, 0.1) is 6.20 Å². The molecule has 0 bridgehead atoms. The van der Waals surface area contributed by atoms with Crippen LogP contribution in [0.5, 0.6) is 0 Å². The second kappa shape index (κ2) is 4.94. The summed E-state index contributed by atoms with van der Waals surface area (Å²) in [6.07, 6.45) is 3.86. The Bertz CT molecular complexity index is 527. The Labute approximate surface area is 107 Å². The lowest BCUT2D eigenvalue weighted by atomic mass is 10.0. The summed E-state index contributed by atoms with van der Waals surface area (Å²) in [6, 6.07) is 8.23. The van der Waals surface area contributed by atoms with Gasteiger partial charge in [-0.05, 0) is 25.3 Å². The molecular weight excluding hydrogens is 226 g/mol. The predicted octanol–water partition coefficient (Wildman–Crippen LogP) is 3.54. The lowest BCUT2D eigenvalue weighted by Gasteiger charge is -2.18. The molecule has 0 saturated carbocycles. The van der Waals surface area contributed by atoms with Crippen LogP contribution < -0.4 is 0 Å². The summed E-state index contributed by atoms with van der Waals surface area (Å²) in [7, 11) is 0. The van der Waals surface area contributed by atoms with Crippen molar-refractivity contribution in [2.75, 3.05) is 13.2 Å². The van der Waals surface area contributed by atoms with Gasteiger partial charge >= 0.3 is 0 Å². The van der Waals surface area contributed by atoms with Crippen LogP contribution in [0.3, 0.4) is 0 Å². The van der Waals surface area contributed by atoms with E-state index in [9.17, 15) is 0 Å². The van der Waals surface area contributed by atoms with Crippen molar-refractivity contribution in [2.24, 2.45) is 0 Å². The van der Waals surface area contributed by atoms with Gasteiger partial charge in [-0.2, -0.15) is 0 Å². The van der Waals surface area contributed by atoms with Crippen LogP contribution in [0.4, 0.5) is 0 Å². The van der Waals surface area contributed by atoms with Gasteiger partial charge in [-0.25, -0.2) is 4.98 Å². The van der Waals surface area contributed by atoms with Crippen LogP contribution in [0, 0.1) is 6.92 Å². The summed E-state index contributed by atoms with van der Waals surface area (Å²) in [4.78, 5) is 4.44. The second-order valence-electron chi connectivity index (χ2n) is 4.76. The molecule has 0 aliphatic carbocycles. The van der Waals surface area contributed by atoms with Crippen molar-refractivity contribution in [3.05, 3.63) is 41.9 Å². The molecule has 3 heteroatoms. The van der Waals surface area contributed by atoms with Crippen molar-refractivity contribution < 1.29 is 9.15 Å². The zero-order chi connectivity index (χ0) is 12.4. The van der Waals surface area contributed by atoms with Crippen LogP contribution in [0.15, 0.2) is 34.9 Å². The molecule has 0 N–H and O–H groups in total. The van der Waals surface area contributed by atoms with Gasteiger partial charge in [-0.1, -0.05) is 24.3 Å². The molecule has 1 saturated heterocycles. The summed E-state index contributed by atoms with van der Waals surface area (Å²) in [5.74, 6) is 2.14. The summed E-state index contributed by atoms with van der Waals surface area (Å²) in [5.41, 5.74) is 2.34. The van der Waals surface area contributed by atoms with Crippen molar-refractivity contribution >= 4 is 0 Å². The second-order valence-corrected chi connectivity index (χ2v) is 4.76. The average molecular weight is 243 g/mol. The fourth-order valence-electron chi connectivity index (χ4n) is 2.39. The highest BCUT2D eigenvalue weighted by Crippen LogP contribution is 2.30. The molecule has 0 unspecified atom stereocenters. The average Bonchev–Trinajstić information content (AvgIpc) is 2.90. The molecule has 1 aromatic carbocycles. The van der Waals surface area contributed by atoms with Crippen LogP contribution in [-0.2, 0) is 4.74 Å². The van der Waals surface area contributed by atoms with Crippen molar-refractivity contribution in [1.82, 2.24) is 4.98 Å². The fourth-order valence-corrected chi connectivity index (χ4v) is 2.39. The number of aryl methyl sites for hydroxylation is 1. The Kier molecular flexibility index (Phi) is 3.15. The van der Waals surface area contributed by atoms with E-state index in [2.05, 4.69) is 24.0 Å². The van der Waals surface area contributed by atoms with Gasteiger partial charge in [-0.15, -0.1) is 0 Å². The minimum Gasteiger partial charge on any atom is -0.440 e. The summed E-state index contributed by atoms with van der Waals surface area (Å²) >= 11 is 0. The number of hydrogen-bond acceptors (Lipinski definition) is 3. The van der Waals surface area contributed by atoms with Gasteiger partial charge in [0.2, 0.25) is 0 Å². The molecule has 1 aliphatic heterocycles. The van der Waals surface area contributed by atoms with Crippen LogP contribution >= 0.6 is 0 Å². The standard InChI is InChI=1S/C15H17NO2/c1-11-4-2-3-5-13(11)14-10-16-15(18-14)12-6-8-17-9-7-12/h2-5,10,12H,6-9H2,1H3. The number of oxazole rings is 1. The molecule has 1 fully saturated rings. The number of ether oxygens (including phenoxy) is 1. The molecule has 2 heterocycles. The quantitative estimate of drug-likeness (QED) is 0.809. The molecule has 1 aliphatic rings. The first-order valence-electron chi connectivity index (χ1n) is 6.44. The Morgan fingerprint density at radius 3 is 2.72 bits per heavy atom. The highest BCUT2D eigenvalue weighted by atomic mass is 16.5. The molecule has 0 atom stereocenters. The van der Waals surface area contributed by atoms with Gasteiger partial charge in [0, 0.05) is 24.7 Å². The van der Waals surface area contributed by atoms with Crippen molar-refractivity contribution in [2.45, 2.75) is 25.7 Å². The number of aromatic nitrogens is 1. The minimum absolute atomic E-state index is 0.413. The van der Waals surface area contributed by atoms with E-state index < -0.39 is 0 Å². The van der Waals surface area contributed by atoms with Crippen LogP contribution in [0.2, 0.25) is 0 Å². The number of hydrogen-bond donors (Lipinski definition) is 0.